The molecule has 1 unspecified atom stereocenters. The Balaban J connectivity index is 2.13. The summed E-state index contributed by atoms with van der Waals surface area (Å²) in [4.78, 5) is 2.41. The number of hydrogen-bond donors (Lipinski definition) is 1. The number of hydrogen-bond acceptors (Lipinski definition) is 4. The Bertz CT molecular complexity index is 389. The van der Waals surface area contributed by atoms with E-state index in [9.17, 15) is 0 Å². The van der Waals surface area contributed by atoms with Crippen LogP contribution in [0.25, 0.3) is 0 Å². The molecule has 2 rings (SSSR count). The Hall–Kier alpha value is -1.26. The second-order valence-corrected chi connectivity index (χ2v) is 4.72. The van der Waals surface area contributed by atoms with Crippen LogP contribution in [0.3, 0.4) is 0 Å². The highest BCUT2D eigenvalue weighted by molar-refractivity contribution is 5.42. The number of nitrogens with zero attached hydrogens (tertiary/aromatic N) is 1. The Labute approximate surface area is 109 Å². The highest BCUT2D eigenvalue weighted by Gasteiger charge is 2.19. The van der Waals surface area contributed by atoms with Gasteiger partial charge in [0.25, 0.3) is 0 Å². The van der Waals surface area contributed by atoms with Crippen molar-refractivity contribution in [1.29, 1.82) is 0 Å². The molecule has 1 aromatic carbocycles. The summed E-state index contributed by atoms with van der Waals surface area (Å²) in [7, 11) is 3.34. The minimum absolute atomic E-state index is 0.0341. The lowest BCUT2D eigenvalue weighted by Gasteiger charge is -2.22. The topological polar surface area (TPSA) is 47.7 Å². The zero-order valence-corrected chi connectivity index (χ0v) is 11.2. The van der Waals surface area contributed by atoms with E-state index in [2.05, 4.69) is 4.90 Å². The summed E-state index contributed by atoms with van der Waals surface area (Å²) >= 11 is 0. The Morgan fingerprint density at radius 1 is 1.22 bits per heavy atom. The van der Waals surface area contributed by atoms with Gasteiger partial charge >= 0.3 is 0 Å². The van der Waals surface area contributed by atoms with Crippen LogP contribution in [-0.2, 0) is 0 Å². The summed E-state index contributed by atoms with van der Waals surface area (Å²) in [5, 5.41) is 0. The molecule has 100 valence electrons. The molecule has 1 fully saturated rings. The van der Waals surface area contributed by atoms with Crippen LogP contribution in [0.4, 0.5) is 0 Å². The van der Waals surface area contributed by atoms with E-state index in [-0.39, 0.29) is 6.04 Å². The molecule has 4 heteroatoms. The predicted octanol–water partition coefficient (Wildman–Crippen LogP) is 1.80. The monoisotopic (exact) mass is 250 g/mol. The van der Waals surface area contributed by atoms with Crippen LogP contribution in [-0.4, -0.2) is 38.8 Å². The SMILES string of the molecule is COc1ccc(OC)c(C(N)CN2CCCC2)c1. The van der Waals surface area contributed by atoms with Gasteiger partial charge in [-0.15, -0.1) is 0 Å². The van der Waals surface area contributed by atoms with Gasteiger partial charge in [-0.2, -0.15) is 0 Å². The molecule has 0 radical (unpaired) electrons. The van der Waals surface area contributed by atoms with Crippen molar-refractivity contribution in [2.75, 3.05) is 33.9 Å². The van der Waals surface area contributed by atoms with Crippen LogP contribution in [0.1, 0.15) is 24.4 Å². The van der Waals surface area contributed by atoms with Crippen molar-refractivity contribution in [3.05, 3.63) is 23.8 Å². The molecule has 0 saturated carbocycles. The maximum absolute atomic E-state index is 6.30. The molecule has 1 heterocycles. The first-order chi connectivity index (χ1) is 8.74. The molecule has 0 amide bonds. The number of rotatable bonds is 5. The average Bonchev–Trinajstić information content (AvgIpc) is 2.90. The summed E-state index contributed by atoms with van der Waals surface area (Å²) in [6.45, 7) is 3.18. The molecule has 0 aromatic heterocycles. The van der Waals surface area contributed by atoms with E-state index in [0.29, 0.717) is 0 Å². The third kappa shape index (κ3) is 2.94. The second-order valence-electron chi connectivity index (χ2n) is 4.72. The van der Waals surface area contributed by atoms with Gasteiger partial charge in [-0.05, 0) is 44.1 Å². The highest BCUT2D eigenvalue weighted by atomic mass is 16.5. The van der Waals surface area contributed by atoms with Crippen molar-refractivity contribution in [3.8, 4) is 11.5 Å². The first-order valence-electron chi connectivity index (χ1n) is 6.44. The van der Waals surface area contributed by atoms with Gasteiger partial charge in [-0.1, -0.05) is 0 Å². The third-order valence-electron chi connectivity index (χ3n) is 3.49. The summed E-state index contributed by atoms with van der Waals surface area (Å²) in [5.74, 6) is 1.66. The van der Waals surface area contributed by atoms with Crippen LogP contribution in [0, 0.1) is 0 Å². The predicted molar refractivity (Wildman–Crippen MR) is 72.1 cm³/mol. The fourth-order valence-electron chi connectivity index (χ4n) is 2.47. The molecule has 0 bridgehead atoms. The molecule has 1 saturated heterocycles. The molecule has 2 N–H and O–H groups in total. The van der Waals surface area contributed by atoms with Crippen molar-refractivity contribution >= 4 is 0 Å². The Morgan fingerprint density at radius 2 is 1.94 bits per heavy atom. The maximum Gasteiger partial charge on any atom is 0.123 e. The lowest BCUT2D eigenvalue weighted by Crippen LogP contribution is -2.30. The van der Waals surface area contributed by atoms with Crippen molar-refractivity contribution in [3.63, 3.8) is 0 Å². The Morgan fingerprint density at radius 3 is 2.56 bits per heavy atom. The molecule has 1 aromatic rings. The molecule has 0 spiro atoms. The number of likely N-dealkylation sites (tertiary alicyclic amines) is 1. The molecule has 4 nitrogen and oxygen atoms in total. The molecular formula is C14H22N2O2. The minimum Gasteiger partial charge on any atom is -0.497 e. The quantitative estimate of drug-likeness (QED) is 0.865. The molecule has 18 heavy (non-hydrogen) atoms. The summed E-state index contributed by atoms with van der Waals surface area (Å²) < 4.78 is 10.6. The van der Waals surface area contributed by atoms with Gasteiger partial charge in [0, 0.05) is 18.2 Å². The van der Waals surface area contributed by atoms with Gasteiger partial charge in [0.1, 0.15) is 11.5 Å². The first-order valence-corrected chi connectivity index (χ1v) is 6.44. The van der Waals surface area contributed by atoms with Gasteiger partial charge in [0.2, 0.25) is 0 Å². The summed E-state index contributed by atoms with van der Waals surface area (Å²) in [6, 6.07) is 5.75. The van der Waals surface area contributed by atoms with Gasteiger partial charge in [0.15, 0.2) is 0 Å². The van der Waals surface area contributed by atoms with Gasteiger partial charge < -0.3 is 20.1 Å². The van der Waals surface area contributed by atoms with Crippen LogP contribution in [0.15, 0.2) is 18.2 Å². The van der Waals surface area contributed by atoms with Crippen LogP contribution >= 0.6 is 0 Å². The molecule has 1 aliphatic heterocycles. The van der Waals surface area contributed by atoms with Crippen LogP contribution < -0.4 is 15.2 Å². The number of methoxy groups -OCH3 is 2. The van der Waals surface area contributed by atoms with E-state index in [0.717, 1.165) is 36.7 Å². The lowest BCUT2D eigenvalue weighted by atomic mass is 10.1. The van der Waals surface area contributed by atoms with Crippen molar-refractivity contribution in [2.45, 2.75) is 18.9 Å². The standard InChI is InChI=1S/C14H22N2O2/c1-17-11-5-6-14(18-2)12(9-11)13(15)10-16-7-3-4-8-16/h5-6,9,13H,3-4,7-8,10,15H2,1-2H3. The molecular weight excluding hydrogens is 228 g/mol. The van der Waals surface area contributed by atoms with E-state index in [1.54, 1.807) is 14.2 Å². The number of ether oxygens (including phenoxy) is 2. The van der Waals surface area contributed by atoms with E-state index in [1.807, 2.05) is 18.2 Å². The van der Waals surface area contributed by atoms with Crippen molar-refractivity contribution in [1.82, 2.24) is 4.90 Å². The normalized spacial score (nSPS) is 17.7. The van der Waals surface area contributed by atoms with Gasteiger partial charge in [0.05, 0.1) is 14.2 Å². The van der Waals surface area contributed by atoms with Crippen molar-refractivity contribution in [2.24, 2.45) is 5.73 Å². The van der Waals surface area contributed by atoms with E-state index in [4.69, 9.17) is 15.2 Å². The van der Waals surface area contributed by atoms with E-state index >= 15 is 0 Å². The van der Waals surface area contributed by atoms with Gasteiger partial charge in [-0.25, -0.2) is 0 Å². The van der Waals surface area contributed by atoms with E-state index < -0.39 is 0 Å². The fraction of sp³-hybridized carbons (Fsp3) is 0.571. The van der Waals surface area contributed by atoms with E-state index in [1.165, 1.54) is 12.8 Å². The number of nitrogens with two attached hydrogens (primary N) is 1. The largest absolute Gasteiger partial charge is 0.497 e. The fourth-order valence-corrected chi connectivity index (χ4v) is 2.47. The third-order valence-corrected chi connectivity index (χ3v) is 3.49. The zero-order valence-electron chi connectivity index (χ0n) is 11.2. The second kappa shape index (κ2) is 6.07. The van der Waals surface area contributed by atoms with Crippen LogP contribution in [0.5, 0.6) is 11.5 Å². The zero-order chi connectivity index (χ0) is 13.0. The summed E-state index contributed by atoms with van der Waals surface area (Å²) in [5.41, 5.74) is 7.31. The first kappa shape index (κ1) is 13.2. The highest BCUT2D eigenvalue weighted by Crippen LogP contribution is 2.29. The smallest absolute Gasteiger partial charge is 0.123 e. The van der Waals surface area contributed by atoms with Crippen molar-refractivity contribution < 1.29 is 9.47 Å². The van der Waals surface area contributed by atoms with Crippen LogP contribution in [0.2, 0.25) is 0 Å². The molecule has 0 aliphatic carbocycles. The number of benzene rings is 1. The Kier molecular flexibility index (Phi) is 4.44. The lowest BCUT2D eigenvalue weighted by molar-refractivity contribution is 0.310. The molecule has 1 atom stereocenters. The summed E-state index contributed by atoms with van der Waals surface area (Å²) in [6.07, 6.45) is 2.56. The average molecular weight is 250 g/mol. The van der Waals surface area contributed by atoms with Gasteiger partial charge in [-0.3, -0.25) is 0 Å². The molecule has 1 aliphatic rings. The maximum atomic E-state index is 6.30. The minimum atomic E-state index is -0.0341.